The van der Waals surface area contributed by atoms with Gasteiger partial charge in [0.25, 0.3) is 0 Å². The first-order valence-corrected chi connectivity index (χ1v) is 10.1. The van der Waals surface area contributed by atoms with E-state index >= 15 is 0 Å². The van der Waals surface area contributed by atoms with E-state index in [2.05, 4.69) is 13.0 Å². The molecule has 0 heterocycles. The maximum Gasteiger partial charge on any atom is 0.119 e. The maximum absolute atomic E-state index is 9.62. The van der Waals surface area contributed by atoms with Crippen molar-refractivity contribution in [1.82, 2.24) is 0 Å². The van der Waals surface area contributed by atoms with E-state index in [1.54, 1.807) is 24.3 Å². The topological polar surface area (TPSA) is 49.7 Å². The highest BCUT2D eigenvalue weighted by Crippen LogP contribution is 2.31. The Morgan fingerprint density at radius 3 is 2.14 bits per heavy atom. The molecular formula is C26H28O3. The van der Waals surface area contributed by atoms with Gasteiger partial charge in [0, 0.05) is 0 Å². The summed E-state index contributed by atoms with van der Waals surface area (Å²) in [5, 5.41) is 19.1. The largest absolute Gasteiger partial charge is 0.508 e. The van der Waals surface area contributed by atoms with Crippen molar-refractivity contribution in [3.05, 3.63) is 96.1 Å². The molecule has 0 aliphatic carbocycles. The van der Waals surface area contributed by atoms with Crippen LogP contribution < -0.4 is 4.74 Å². The summed E-state index contributed by atoms with van der Waals surface area (Å²) >= 11 is 0. The fraction of sp³-hybridized carbons (Fsp3) is 0.231. The Morgan fingerprint density at radius 2 is 1.48 bits per heavy atom. The van der Waals surface area contributed by atoms with E-state index in [4.69, 9.17) is 4.74 Å². The molecule has 0 aromatic heterocycles. The Balaban J connectivity index is 1.64. The summed E-state index contributed by atoms with van der Waals surface area (Å²) in [6, 6.07) is 24.7. The van der Waals surface area contributed by atoms with Gasteiger partial charge in [-0.15, -0.1) is 0 Å². The number of benzene rings is 3. The Bertz CT molecular complexity index is 897. The van der Waals surface area contributed by atoms with Crippen molar-refractivity contribution in [3.63, 3.8) is 0 Å². The van der Waals surface area contributed by atoms with Gasteiger partial charge < -0.3 is 14.9 Å². The van der Waals surface area contributed by atoms with E-state index < -0.39 is 0 Å². The number of allylic oxidation sites excluding steroid dienone is 2. The molecule has 3 aromatic rings. The van der Waals surface area contributed by atoms with Crippen LogP contribution in [0.15, 0.2) is 84.9 Å². The molecule has 3 heteroatoms. The van der Waals surface area contributed by atoms with Crippen molar-refractivity contribution >= 4 is 5.57 Å². The summed E-state index contributed by atoms with van der Waals surface area (Å²) in [5.41, 5.74) is 3.57. The molecule has 0 aliphatic heterocycles. The first kappa shape index (κ1) is 20.5. The van der Waals surface area contributed by atoms with E-state index in [-0.39, 0.29) is 11.5 Å². The number of aromatic hydroxyl groups is 2. The molecule has 0 fully saturated rings. The number of ether oxygens (including phenoxy) is 1. The Morgan fingerprint density at radius 1 is 0.862 bits per heavy atom. The van der Waals surface area contributed by atoms with Crippen molar-refractivity contribution in [1.29, 1.82) is 0 Å². The molecular weight excluding hydrogens is 360 g/mol. The van der Waals surface area contributed by atoms with Gasteiger partial charge >= 0.3 is 0 Å². The Labute approximate surface area is 172 Å². The highest BCUT2D eigenvalue weighted by Gasteiger charge is 2.11. The smallest absolute Gasteiger partial charge is 0.119 e. The van der Waals surface area contributed by atoms with Gasteiger partial charge in [0.15, 0.2) is 0 Å². The molecule has 0 radical (unpaired) electrons. The predicted octanol–water partition coefficient (Wildman–Crippen LogP) is 6.53. The summed E-state index contributed by atoms with van der Waals surface area (Å²) in [6.45, 7) is 2.87. The fourth-order valence-corrected chi connectivity index (χ4v) is 3.31. The molecule has 0 spiro atoms. The van der Waals surface area contributed by atoms with Crippen molar-refractivity contribution in [2.45, 2.75) is 32.1 Å². The zero-order chi connectivity index (χ0) is 20.5. The van der Waals surface area contributed by atoms with Crippen LogP contribution in [0.3, 0.4) is 0 Å². The van der Waals surface area contributed by atoms with Crippen LogP contribution in [0.1, 0.15) is 43.2 Å². The van der Waals surface area contributed by atoms with Crippen LogP contribution in [0.5, 0.6) is 17.2 Å². The molecule has 0 aliphatic rings. The minimum atomic E-state index is 0.274. The van der Waals surface area contributed by atoms with E-state index in [1.165, 1.54) is 11.1 Å². The average molecular weight is 389 g/mol. The first-order chi connectivity index (χ1) is 14.1. The van der Waals surface area contributed by atoms with Crippen molar-refractivity contribution < 1.29 is 14.9 Å². The fourth-order valence-electron chi connectivity index (χ4n) is 3.31. The lowest BCUT2D eigenvalue weighted by Crippen LogP contribution is -1.98. The maximum atomic E-state index is 9.62. The number of rotatable bonds is 9. The number of phenolic OH excluding ortho intramolecular Hbond substituents is 2. The zero-order valence-corrected chi connectivity index (χ0v) is 16.8. The highest BCUT2D eigenvalue weighted by atomic mass is 16.5. The Hall–Kier alpha value is -3.20. The lowest BCUT2D eigenvalue weighted by molar-refractivity contribution is 0.312. The van der Waals surface area contributed by atoms with Crippen LogP contribution in [0.4, 0.5) is 0 Å². The third-order valence-corrected chi connectivity index (χ3v) is 4.98. The molecule has 0 saturated carbocycles. The van der Waals surface area contributed by atoms with E-state index in [9.17, 15) is 10.2 Å². The summed E-state index contributed by atoms with van der Waals surface area (Å²) in [4.78, 5) is 0. The third kappa shape index (κ3) is 6.42. The predicted molar refractivity (Wildman–Crippen MR) is 118 cm³/mol. The lowest BCUT2D eigenvalue weighted by Gasteiger charge is -2.16. The van der Waals surface area contributed by atoms with Gasteiger partial charge in [0.1, 0.15) is 17.2 Å². The standard InChI is InChI=1S/C26H28O3/c1-20(21-10-14-24(27)15-11-21)19-23(22-12-16-25(28)17-13-22)7-5-6-18-29-26-8-3-2-4-9-26/h2-4,7-17,20,27-28H,5-6,18-19H2,1H3. The van der Waals surface area contributed by atoms with Gasteiger partial charge in [-0.1, -0.05) is 55.5 Å². The lowest BCUT2D eigenvalue weighted by atomic mass is 9.89. The first-order valence-electron chi connectivity index (χ1n) is 10.1. The van der Waals surface area contributed by atoms with Crippen LogP contribution in [0.2, 0.25) is 0 Å². The van der Waals surface area contributed by atoms with Crippen molar-refractivity contribution in [2.24, 2.45) is 0 Å². The summed E-state index contributed by atoms with van der Waals surface area (Å²) < 4.78 is 5.78. The minimum absolute atomic E-state index is 0.274. The summed E-state index contributed by atoms with van der Waals surface area (Å²) in [7, 11) is 0. The normalized spacial score (nSPS) is 12.5. The van der Waals surface area contributed by atoms with Crippen molar-refractivity contribution in [3.8, 4) is 17.2 Å². The molecule has 0 bridgehead atoms. The van der Waals surface area contributed by atoms with Gasteiger partial charge in [0.05, 0.1) is 6.61 Å². The molecule has 1 atom stereocenters. The molecule has 29 heavy (non-hydrogen) atoms. The summed E-state index contributed by atoms with van der Waals surface area (Å²) in [6.07, 6.45) is 5.02. The van der Waals surface area contributed by atoms with Gasteiger partial charge in [-0.2, -0.15) is 0 Å². The van der Waals surface area contributed by atoms with Crippen LogP contribution in [0.25, 0.3) is 5.57 Å². The highest BCUT2D eigenvalue weighted by molar-refractivity contribution is 5.66. The van der Waals surface area contributed by atoms with Gasteiger partial charge in [-0.3, -0.25) is 0 Å². The van der Waals surface area contributed by atoms with Gasteiger partial charge in [-0.05, 0) is 78.3 Å². The second-order valence-corrected chi connectivity index (χ2v) is 7.28. The molecule has 3 nitrogen and oxygen atoms in total. The Kier molecular flexibility index (Phi) is 7.34. The number of hydrogen-bond acceptors (Lipinski definition) is 3. The minimum Gasteiger partial charge on any atom is -0.508 e. The number of unbranched alkanes of at least 4 members (excludes halogenated alkanes) is 1. The zero-order valence-electron chi connectivity index (χ0n) is 16.8. The number of para-hydroxylation sites is 1. The third-order valence-electron chi connectivity index (χ3n) is 4.98. The molecule has 2 N–H and O–H groups in total. The molecule has 3 rings (SSSR count). The van der Waals surface area contributed by atoms with Crippen LogP contribution in [0, 0.1) is 0 Å². The number of phenols is 2. The van der Waals surface area contributed by atoms with E-state index in [0.717, 1.165) is 30.6 Å². The van der Waals surface area contributed by atoms with Crippen LogP contribution in [-0.2, 0) is 0 Å². The second kappa shape index (κ2) is 10.4. The van der Waals surface area contributed by atoms with Gasteiger partial charge in [0.2, 0.25) is 0 Å². The van der Waals surface area contributed by atoms with E-state index in [1.807, 2.05) is 54.6 Å². The van der Waals surface area contributed by atoms with Crippen LogP contribution in [-0.4, -0.2) is 16.8 Å². The quantitative estimate of drug-likeness (QED) is 0.410. The monoisotopic (exact) mass is 388 g/mol. The van der Waals surface area contributed by atoms with E-state index in [0.29, 0.717) is 12.5 Å². The number of hydrogen-bond donors (Lipinski definition) is 2. The van der Waals surface area contributed by atoms with Crippen LogP contribution >= 0.6 is 0 Å². The second-order valence-electron chi connectivity index (χ2n) is 7.28. The SMILES string of the molecule is CC(CC(=CCCCOc1ccccc1)c1ccc(O)cc1)c1ccc(O)cc1. The molecule has 3 aromatic carbocycles. The molecule has 0 saturated heterocycles. The molecule has 1 unspecified atom stereocenters. The average Bonchev–Trinajstić information content (AvgIpc) is 2.74. The van der Waals surface area contributed by atoms with Gasteiger partial charge in [-0.25, -0.2) is 0 Å². The summed E-state index contributed by atoms with van der Waals surface area (Å²) in [5.74, 6) is 1.78. The van der Waals surface area contributed by atoms with Crippen molar-refractivity contribution in [2.75, 3.05) is 6.61 Å². The molecule has 0 amide bonds. The molecule has 150 valence electrons.